The third kappa shape index (κ3) is 6.11. The summed E-state index contributed by atoms with van der Waals surface area (Å²) in [5.41, 5.74) is 0.894. The number of sulfonamides is 1. The van der Waals surface area contributed by atoms with Crippen LogP contribution in [-0.4, -0.2) is 51.5 Å². The monoisotopic (exact) mass is 316 g/mol. The van der Waals surface area contributed by atoms with Crippen LogP contribution in [0.25, 0.3) is 0 Å². The minimum atomic E-state index is -3.38. The fourth-order valence-electron chi connectivity index (χ4n) is 1.49. The van der Waals surface area contributed by atoms with E-state index in [1.165, 1.54) is 7.05 Å². The molecule has 0 aliphatic rings. The van der Waals surface area contributed by atoms with E-state index in [-0.39, 0.29) is 18.9 Å². The van der Waals surface area contributed by atoms with E-state index in [4.69, 9.17) is 4.74 Å². The third-order valence-electron chi connectivity index (χ3n) is 2.77. The Kier molecular flexibility index (Phi) is 6.60. The van der Waals surface area contributed by atoms with Gasteiger partial charge in [0.15, 0.2) is 6.10 Å². The Balaban J connectivity index is 2.37. The van der Waals surface area contributed by atoms with Crippen molar-refractivity contribution in [1.82, 2.24) is 10.0 Å². The van der Waals surface area contributed by atoms with Crippen LogP contribution in [0.4, 0.5) is 0 Å². The van der Waals surface area contributed by atoms with Crippen LogP contribution in [0.15, 0.2) is 24.3 Å². The molecule has 0 aliphatic heterocycles. The van der Waals surface area contributed by atoms with E-state index in [0.29, 0.717) is 5.75 Å². The lowest BCUT2D eigenvalue weighted by molar-refractivity contribution is -0.130. The number of rotatable bonds is 8. The number of hydrogen-bond donors (Lipinski definition) is 3. The average Bonchev–Trinajstić information content (AvgIpc) is 2.45. The van der Waals surface area contributed by atoms with Gasteiger partial charge in [-0.05, 0) is 25.6 Å². The number of amides is 1. The van der Waals surface area contributed by atoms with Crippen LogP contribution in [-0.2, 0) is 14.8 Å². The minimum Gasteiger partial charge on any atom is -0.490 e. The summed E-state index contributed by atoms with van der Waals surface area (Å²) in [6, 6.07) is 7.23. The average molecular weight is 316 g/mol. The summed E-state index contributed by atoms with van der Waals surface area (Å²) in [5, 5.41) is 12.0. The van der Waals surface area contributed by atoms with Crippen LogP contribution in [0, 0.1) is 6.92 Å². The number of ether oxygens (including phenoxy) is 1. The first kappa shape index (κ1) is 17.4. The van der Waals surface area contributed by atoms with Crippen molar-refractivity contribution in [3.05, 3.63) is 29.8 Å². The number of benzene rings is 1. The van der Waals surface area contributed by atoms with Gasteiger partial charge < -0.3 is 15.2 Å². The molecular formula is C13H20N2O5S. The molecule has 0 saturated heterocycles. The SMILES string of the molecule is CNS(=O)(=O)CCNC(=O)C(O)COc1ccccc1C. The first-order valence-electron chi connectivity index (χ1n) is 6.41. The van der Waals surface area contributed by atoms with Crippen LogP contribution in [0.2, 0.25) is 0 Å². The van der Waals surface area contributed by atoms with Crippen LogP contribution >= 0.6 is 0 Å². The van der Waals surface area contributed by atoms with Gasteiger partial charge in [0.1, 0.15) is 12.4 Å². The standard InChI is InChI=1S/C13H20N2O5S/c1-10-5-3-4-6-12(10)20-9-11(16)13(17)15-7-8-21(18,19)14-2/h3-6,11,14,16H,7-9H2,1-2H3,(H,15,17). The summed E-state index contributed by atoms with van der Waals surface area (Å²) in [7, 11) is -2.09. The van der Waals surface area contributed by atoms with Gasteiger partial charge in [-0.15, -0.1) is 0 Å². The van der Waals surface area contributed by atoms with Crippen molar-refractivity contribution in [1.29, 1.82) is 0 Å². The van der Waals surface area contributed by atoms with E-state index < -0.39 is 22.0 Å². The first-order chi connectivity index (χ1) is 9.85. The minimum absolute atomic E-state index is 0.0799. The molecule has 0 aromatic heterocycles. The molecule has 0 aliphatic carbocycles. The Morgan fingerprint density at radius 3 is 2.67 bits per heavy atom. The van der Waals surface area contributed by atoms with Gasteiger partial charge in [-0.3, -0.25) is 4.79 Å². The van der Waals surface area contributed by atoms with Crippen LogP contribution in [0.1, 0.15) is 5.56 Å². The maximum Gasteiger partial charge on any atom is 0.252 e. The highest BCUT2D eigenvalue weighted by Crippen LogP contribution is 2.16. The number of para-hydroxylation sites is 1. The number of hydrogen-bond acceptors (Lipinski definition) is 5. The zero-order valence-corrected chi connectivity index (χ0v) is 12.8. The summed E-state index contributed by atoms with van der Waals surface area (Å²) in [5.74, 6) is -0.336. The lowest BCUT2D eigenvalue weighted by Gasteiger charge is -2.14. The normalized spacial score (nSPS) is 12.7. The number of aliphatic hydroxyl groups excluding tert-OH is 1. The molecule has 8 heteroatoms. The van der Waals surface area contributed by atoms with E-state index in [2.05, 4.69) is 10.0 Å². The molecule has 21 heavy (non-hydrogen) atoms. The number of carbonyl (C=O) groups is 1. The first-order valence-corrected chi connectivity index (χ1v) is 8.06. The van der Waals surface area contributed by atoms with E-state index in [0.717, 1.165) is 5.56 Å². The molecule has 0 fully saturated rings. The van der Waals surface area contributed by atoms with E-state index >= 15 is 0 Å². The van der Waals surface area contributed by atoms with Gasteiger partial charge in [0, 0.05) is 6.54 Å². The quantitative estimate of drug-likeness (QED) is 0.594. The van der Waals surface area contributed by atoms with Crippen molar-refractivity contribution in [3.63, 3.8) is 0 Å². The number of aryl methyl sites for hydroxylation is 1. The summed E-state index contributed by atoms with van der Waals surface area (Å²) < 4.78 is 29.8. The summed E-state index contributed by atoms with van der Waals surface area (Å²) >= 11 is 0. The molecule has 1 amide bonds. The molecule has 0 heterocycles. The fraction of sp³-hybridized carbons (Fsp3) is 0.462. The summed E-state index contributed by atoms with van der Waals surface area (Å²) in [4.78, 5) is 11.6. The number of nitrogens with one attached hydrogen (secondary N) is 2. The molecule has 0 bridgehead atoms. The Bertz CT molecular complexity index is 574. The van der Waals surface area contributed by atoms with Crippen molar-refractivity contribution in [2.75, 3.05) is 26.0 Å². The van der Waals surface area contributed by atoms with Gasteiger partial charge >= 0.3 is 0 Å². The number of carbonyl (C=O) groups excluding carboxylic acids is 1. The maximum absolute atomic E-state index is 11.6. The second kappa shape index (κ2) is 7.96. The Labute approximate surface area is 124 Å². The second-order valence-corrected chi connectivity index (χ2v) is 6.45. The van der Waals surface area contributed by atoms with E-state index in [9.17, 15) is 18.3 Å². The van der Waals surface area contributed by atoms with E-state index in [1.807, 2.05) is 19.1 Å². The molecule has 1 aromatic carbocycles. The third-order valence-corrected chi connectivity index (χ3v) is 4.14. The zero-order chi connectivity index (χ0) is 15.9. The predicted octanol–water partition coefficient (Wildman–Crippen LogP) is -0.600. The second-order valence-electron chi connectivity index (χ2n) is 4.41. The fourth-order valence-corrected chi connectivity index (χ4v) is 2.07. The molecule has 0 saturated carbocycles. The van der Waals surface area contributed by atoms with E-state index in [1.54, 1.807) is 12.1 Å². The molecule has 3 N–H and O–H groups in total. The zero-order valence-electron chi connectivity index (χ0n) is 12.0. The lowest BCUT2D eigenvalue weighted by atomic mass is 10.2. The van der Waals surface area contributed by atoms with Crippen molar-refractivity contribution in [2.24, 2.45) is 0 Å². The molecule has 0 spiro atoms. The van der Waals surface area contributed by atoms with Gasteiger partial charge in [0.05, 0.1) is 5.75 Å². The highest BCUT2D eigenvalue weighted by molar-refractivity contribution is 7.89. The van der Waals surface area contributed by atoms with Gasteiger partial charge in [-0.1, -0.05) is 18.2 Å². The molecule has 0 radical (unpaired) electrons. The molecule has 1 aromatic rings. The Hall–Kier alpha value is -1.64. The topological polar surface area (TPSA) is 105 Å². The molecule has 118 valence electrons. The maximum atomic E-state index is 11.6. The molecule has 1 atom stereocenters. The Morgan fingerprint density at radius 1 is 1.38 bits per heavy atom. The van der Waals surface area contributed by atoms with Gasteiger partial charge in [0.2, 0.25) is 10.0 Å². The smallest absolute Gasteiger partial charge is 0.252 e. The van der Waals surface area contributed by atoms with Crippen molar-refractivity contribution in [3.8, 4) is 5.75 Å². The molecular weight excluding hydrogens is 296 g/mol. The Morgan fingerprint density at radius 2 is 2.05 bits per heavy atom. The molecule has 1 rings (SSSR count). The van der Waals surface area contributed by atoms with Crippen molar-refractivity contribution >= 4 is 15.9 Å². The lowest BCUT2D eigenvalue weighted by Crippen LogP contribution is -2.41. The van der Waals surface area contributed by atoms with Crippen LogP contribution < -0.4 is 14.8 Å². The highest BCUT2D eigenvalue weighted by atomic mass is 32.2. The van der Waals surface area contributed by atoms with Gasteiger partial charge in [-0.25, -0.2) is 13.1 Å². The largest absolute Gasteiger partial charge is 0.490 e. The van der Waals surface area contributed by atoms with Crippen molar-refractivity contribution in [2.45, 2.75) is 13.0 Å². The number of aliphatic hydroxyl groups is 1. The predicted molar refractivity (Wildman–Crippen MR) is 78.5 cm³/mol. The van der Waals surface area contributed by atoms with Gasteiger partial charge in [0.25, 0.3) is 5.91 Å². The molecule has 7 nitrogen and oxygen atoms in total. The summed E-state index contributed by atoms with van der Waals surface area (Å²) in [6.45, 7) is 1.57. The highest BCUT2D eigenvalue weighted by Gasteiger charge is 2.17. The van der Waals surface area contributed by atoms with Crippen molar-refractivity contribution < 1.29 is 23.1 Å². The van der Waals surface area contributed by atoms with Crippen LogP contribution in [0.5, 0.6) is 5.75 Å². The van der Waals surface area contributed by atoms with Gasteiger partial charge in [-0.2, -0.15) is 0 Å². The molecule has 1 unspecified atom stereocenters. The summed E-state index contributed by atoms with van der Waals surface area (Å²) in [6.07, 6.45) is -1.36. The van der Waals surface area contributed by atoms with Crippen LogP contribution in [0.3, 0.4) is 0 Å².